The van der Waals surface area contributed by atoms with Gasteiger partial charge in [0.1, 0.15) is 0 Å². The standard InChI is InChI=1S/C22H24O/c1-14(2)17-9-8-15-6-7-16-10-11-18(22(3,4)5)13-20(16)21(23)19(15)12-17/h6-14H,1-5H3. The van der Waals surface area contributed by atoms with E-state index in [1.807, 2.05) is 0 Å². The Hall–Kier alpha value is -2.15. The Morgan fingerprint density at radius 2 is 1.30 bits per heavy atom. The second-order valence-corrected chi connectivity index (χ2v) is 7.72. The molecule has 3 aromatic rings. The highest BCUT2D eigenvalue weighted by Crippen LogP contribution is 2.26. The van der Waals surface area contributed by atoms with Gasteiger partial charge in [-0.2, -0.15) is 0 Å². The molecule has 3 rings (SSSR count). The molecule has 1 heteroatoms. The van der Waals surface area contributed by atoms with Crippen LogP contribution in [-0.4, -0.2) is 0 Å². The van der Waals surface area contributed by atoms with E-state index < -0.39 is 0 Å². The van der Waals surface area contributed by atoms with Crippen LogP contribution in [-0.2, 0) is 5.41 Å². The Bertz CT molecular complexity index is 943. The summed E-state index contributed by atoms with van der Waals surface area (Å²) >= 11 is 0. The zero-order valence-corrected chi connectivity index (χ0v) is 14.6. The molecule has 0 saturated heterocycles. The predicted molar refractivity (Wildman–Crippen MR) is 101 cm³/mol. The molecule has 0 radical (unpaired) electrons. The molecule has 0 unspecified atom stereocenters. The SMILES string of the molecule is CC(C)c1ccc2ccc3ccc(C(C)(C)C)cc3c(=O)c2c1. The molecule has 0 amide bonds. The van der Waals surface area contributed by atoms with Crippen LogP contribution in [0.15, 0.2) is 53.3 Å². The molecule has 0 heterocycles. The second kappa shape index (κ2) is 5.49. The van der Waals surface area contributed by atoms with E-state index in [1.165, 1.54) is 11.1 Å². The van der Waals surface area contributed by atoms with Crippen LogP contribution in [0, 0.1) is 0 Å². The summed E-state index contributed by atoms with van der Waals surface area (Å²) in [5.41, 5.74) is 2.57. The van der Waals surface area contributed by atoms with Crippen LogP contribution in [0.3, 0.4) is 0 Å². The van der Waals surface area contributed by atoms with Gasteiger partial charge in [-0.05, 0) is 45.4 Å². The maximum absolute atomic E-state index is 13.1. The summed E-state index contributed by atoms with van der Waals surface area (Å²) in [6.45, 7) is 10.8. The van der Waals surface area contributed by atoms with E-state index in [0.717, 1.165) is 21.5 Å². The van der Waals surface area contributed by atoms with Crippen molar-refractivity contribution in [1.82, 2.24) is 0 Å². The molecule has 1 nitrogen and oxygen atoms in total. The summed E-state index contributed by atoms with van der Waals surface area (Å²) in [6, 6.07) is 16.6. The van der Waals surface area contributed by atoms with E-state index in [4.69, 9.17) is 0 Å². The minimum Gasteiger partial charge on any atom is -0.289 e. The largest absolute Gasteiger partial charge is 0.289 e. The zero-order valence-electron chi connectivity index (χ0n) is 14.6. The average Bonchev–Trinajstić information content (AvgIpc) is 2.63. The van der Waals surface area contributed by atoms with Gasteiger partial charge in [0.15, 0.2) is 5.43 Å². The molecule has 0 spiro atoms. The minimum atomic E-state index is 0.0357. The number of hydrogen-bond donors (Lipinski definition) is 0. The monoisotopic (exact) mass is 304 g/mol. The van der Waals surface area contributed by atoms with Crippen molar-refractivity contribution in [2.24, 2.45) is 0 Å². The summed E-state index contributed by atoms with van der Waals surface area (Å²) in [6.07, 6.45) is 0. The van der Waals surface area contributed by atoms with Gasteiger partial charge in [-0.1, -0.05) is 71.0 Å². The smallest absolute Gasteiger partial charge is 0.194 e. The van der Waals surface area contributed by atoms with E-state index in [9.17, 15) is 4.79 Å². The first-order valence-corrected chi connectivity index (χ1v) is 8.28. The Kier molecular flexibility index (Phi) is 3.75. The fourth-order valence-electron chi connectivity index (χ4n) is 2.96. The number of fused-ring (bicyclic) bond motifs is 2. The summed E-state index contributed by atoms with van der Waals surface area (Å²) in [5, 5.41) is 3.64. The molecule has 0 aliphatic rings. The Balaban J connectivity index is 2.43. The molecular weight excluding hydrogens is 280 g/mol. The van der Waals surface area contributed by atoms with Gasteiger partial charge in [0.25, 0.3) is 0 Å². The molecule has 23 heavy (non-hydrogen) atoms. The zero-order chi connectivity index (χ0) is 16.8. The third-order valence-electron chi connectivity index (χ3n) is 4.60. The predicted octanol–water partition coefficient (Wildman–Crippen LogP) is 5.77. The minimum absolute atomic E-state index is 0.0357. The quantitative estimate of drug-likeness (QED) is 0.557. The van der Waals surface area contributed by atoms with E-state index in [-0.39, 0.29) is 10.8 Å². The third kappa shape index (κ3) is 2.88. The van der Waals surface area contributed by atoms with Crippen LogP contribution < -0.4 is 5.43 Å². The molecule has 3 aromatic carbocycles. The topological polar surface area (TPSA) is 17.1 Å². The molecule has 0 aliphatic carbocycles. The van der Waals surface area contributed by atoms with Gasteiger partial charge in [-0.3, -0.25) is 4.79 Å². The molecule has 0 saturated carbocycles. The van der Waals surface area contributed by atoms with Crippen LogP contribution in [0.25, 0.3) is 21.5 Å². The fraction of sp³-hybridized carbons (Fsp3) is 0.318. The molecular formula is C22H24O. The first-order chi connectivity index (χ1) is 10.8. The van der Waals surface area contributed by atoms with Crippen molar-refractivity contribution < 1.29 is 0 Å². The van der Waals surface area contributed by atoms with Crippen LogP contribution in [0.2, 0.25) is 0 Å². The summed E-state index contributed by atoms with van der Waals surface area (Å²) in [7, 11) is 0. The van der Waals surface area contributed by atoms with Gasteiger partial charge in [-0.15, -0.1) is 0 Å². The van der Waals surface area contributed by atoms with Crippen LogP contribution in [0.5, 0.6) is 0 Å². The van der Waals surface area contributed by atoms with Crippen LogP contribution >= 0.6 is 0 Å². The van der Waals surface area contributed by atoms with E-state index in [0.29, 0.717) is 5.92 Å². The lowest BCUT2D eigenvalue weighted by Crippen LogP contribution is -2.11. The molecule has 0 fully saturated rings. The fourth-order valence-corrected chi connectivity index (χ4v) is 2.96. The van der Waals surface area contributed by atoms with Crippen molar-refractivity contribution >= 4 is 21.5 Å². The molecule has 0 atom stereocenters. The highest BCUT2D eigenvalue weighted by molar-refractivity contribution is 5.93. The van der Waals surface area contributed by atoms with Crippen molar-refractivity contribution in [3.8, 4) is 0 Å². The van der Waals surface area contributed by atoms with Gasteiger partial charge in [0.05, 0.1) is 0 Å². The van der Waals surface area contributed by atoms with Gasteiger partial charge >= 0.3 is 0 Å². The number of hydrogen-bond acceptors (Lipinski definition) is 1. The highest BCUT2D eigenvalue weighted by Gasteiger charge is 2.14. The molecule has 0 aromatic heterocycles. The van der Waals surface area contributed by atoms with Crippen molar-refractivity contribution in [2.45, 2.75) is 46.0 Å². The summed E-state index contributed by atoms with van der Waals surface area (Å²) in [5.74, 6) is 0.417. The molecule has 118 valence electrons. The first kappa shape index (κ1) is 15.7. The summed E-state index contributed by atoms with van der Waals surface area (Å²) in [4.78, 5) is 13.1. The second-order valence-electron chi connectivity index (χ2n) is 7.72. The lowest BCUT2D eigenvalue weighted by Gasteiger charge is -2.19. The van der Waals surface area contributed by atoms with Gasteiger partial charge in [0, 0.05) is 10.8 Å². The Morgan fingerprint density at radius 3 is 1.87 bits per heavy atom. The van der Waals surface area contributed by atoms with Crippen LogP contribution in [0.4, 0.5) is 0 Å². The lowest BCUT2D eigenvalue weighted by atomic mass is 9.86. The maximum Gasteiger partial charge on any atom is 0.194 e. The lowest BCUT2D eigenvalue weighted by molar-refractivity contribution is 0.591. The van der Waals surface area contributed by atoms with E-state index in [1.54, 1.807) is 0 Å². The van der Waals surface area contributed by atoms with Gasteiger partial charge < -0.3 is 0 Å². The van der Waals surface area contributed by atoms with E-state index >= 15 is 0 Å². The number of rotatable bonds is 1. The third-order valence-corrected chi connectivity index (χ3v) is 4.60. The van der Waals surface area contributed by atoms with Crippen molar-refractivity contribution in [3.05, 3.63) is 69.9 Å². The van der Waals surface area contributed by atoms with Crippen molar-refractivity contribution in [3.63, 3.8) is 0 Å². The molecule has 0 bridgehead atoms. The average molecular weight is 304 g/mol. The molecule has 0 N–H and O–H groups in total. The first-order valence-electron chi connectivity index (χ1n) is 8.28. The normalized spacial score (nSPS) is 12.3. The van der Waals surface area contributed by atoms with Crippen molar-refractivity contribution in [1.29, 1.82) is 0 Å². The summed E-state index contributed by atoms with van der Waals surface area (Å²) < 4.78 is 0. The van der Waals surface area contributed by atoms with E-state index in [2.05, 4.69) is 83.1 Å². The molecule has 0 aliphatic heterocycles. The van der Waals surface area contributed by atoms with Crippen LogP contribution in [0.1, 0.15) is 51.7 Å². The Morgan fingerprint density at radius 1 is 0.783 bits per heavy atom. The number of benzene rings is 2. The Labute approximate surface area is 138 Å². The van der Waals surface area contributed by atoms with Gasteiger partial charge in [-0.25, -0.2) is 0 Å². The highest BCUT2D eigenvalue weighted by atomic mass is 16.1. The van der Waals surface area contributed by atoms with Crippen molar-refractivity contribution in [2.75, 3.05) is 0 Å². The van der Waals surface area contributed by atoms with Gasteiger partial charge in [0.2, 0.25) is 0 Å². The maximum atomic E-state index is 13.1.